The van der Waals surface area contributed by atoms with Crippen molar-refractivity contribution in [3.63, 3.8) is 0 Å². The second-order valence-electron chi connectivity index (χ2n) is 8.36. The van der Waals surface area contributed by atoms with Crippen LogP contribution in [-0.4, -0.2) is 38.9 Å². The van der Waals surface area contributed by atoms with E-state index < -0.39 is 0 Å². The maximum Gasteiger partial charge on any atom is 0.254 e. The fourth-order valence-electron chi connectivity index (χ4n) is 3.71. The second kappa shape index (κ2) is 10.7. The number of hydrogen-bond acceptors (Lipinski definition) is 6. The number of nitrogens with one attached hydrogen (secondary N) is 1. The number of nitrogens with zero attached hydrogens (tertiary/aromatic N) is 3. The van der Waals surface area contributed by atoms with Crippen molar-refractivity contribution in [3.05, 3.63) is 88.5 Å². The molecule has 1 aromatic heterocycles. The van der Waals surface area contributed by atoms with Gasteiger partial charge < -0.3 is 16.8 Å². The Kier molecular flexibility index (Phi) is 7.68. The van der Waals surface area contributed by atoms with Gasteiger partial charge in [-0.25, -0.2) is 0 Å². The first-order chi connectivity index (χ1) is 16.1. The maximum absolute atomic E-state index is 12.6. The largest absolute Gasteiger partial charge is 0.402 e. The van der Waals surface area contributed by atoms with Crippen molar-refractivity contribution in [3.8, 4) is 0 Å². The number of nitrogens with two attached hydrogens (primary N) is 2. The number of carbonyl (C=O) groups is 3. The van der Waals surface area contributed by atoms with Crippen LogP contribution in [-0.2, 0) is 22.7 Å². The zero-order chi connectivity index (χ0) is 24.8. The highest BCUT2D eigenvalue weighted by atomic mass is 16.2. The molecular formula is C25H30N6O3. The lowest BCUT2D eigenvalue weighted by atomic mass is 10.0. The molecule has 9 heteroatoms. The SMILES string of the molecule is C=C(N)/C=C(C)\C(CNC(=O)c1cnn(Cc2ccc(CN3C(=O)CCC3=O)cc2)c1)=C(\C)N. The van der Waals surface area contributed by atoms with Crippen LogP contribution in [0.1, 0.15) is 48.2 Å². The van der Waals surface area contributed by atoms with Crippen LogP contribution in [0.15, 0.2) is 71.9 Å². The third kappa shape index (κ3) is 6.22. The van der Waals surface area contributed by atoms with Crippen molar-refractivity contribution in [2.75, 3.05) is 6.54 Å². The summed E-state index contributed by atoms with van der Waals surface area (Å²) in [4.78, 5) is 37.5. The molecule has 1 aliphatic heterocycles. The quantitative estimate of drug-likeness (QED) is 0.385. The van der Waals surface area contributed by atoms with Gasteiger partial charge >= 0.3 is 0 Å². The van der Waals surface area contributed by atoms with Crippen LogP contribution in [0, 0.1) is 0 Å². The van der Waals surface area contributed by atoms with E-state index in [9.17, 15) is 14.4 Å². The number of rotatable bonds is 9. The number of aromatic nitrogens is 2. The first kappa shape index (κ1) is 24.5. The average Bonchev–Trinajstić information content (AvgIpc) is 3.36. The summed E-state index contributed by atoms with van der Waals surface area (Å²) in [5.74, 6) is -0.520. The van der Waals surface area contributed by atoms with E-state index in [0.29, 0.717) is 23.5 Å². The predicted molar refractivity (Wildman–Crippen MR) is 129 cm³/mol. The third-order valence-corrected chi connectivity index (χ3v) is 5.54. The van der Waals surface area contributed by atoms with Crippen molar-refractivity contribution in [2.24, 2.45) is 11.5 Å². The zero-order valence-electron chi connectivity index (χ0n) is 19.5. The number of imide groups is 1. The molecule has 1 aliphatic rings. The molecule has 3 rings (SSSR count). The van der Waals surface area contributed by atoms with E-state index in [-0.39, 0.29) is 43.7 Å². The van der Waals surface area contributed by atoms with E-state index in [4.69, 9.17) is 11.5 Å². The van der Waals surface area contributed by atoms with E-state index >= 15 is 0 Å². The van der Waals surface area contributed by atoms with Gasteiger partial charge in [0.25, 0.3) is 5.91 Å². The van der Waals surface area contributed by atoms with Crippen LogP contribution in [0.3, 0.4) is 0 Å². The van der Waals surface area contributed by atoms with Crippen LogP contribution >= 0.6 is 0 Å². The Labute approximate surface area is 198 Å². The molecule has 0 spiro atoms. The third-order valence-electron chi connectivity index (χ3n) is 5.54. The summed E-state index contributed by atoms with van der Waals surface area (Å²) in [6.45, 7) is 8.31. The average molecular weight is 463 g/mol. The highest BCUT2D eigenvalue weighted by molar-refractivity contribution is 6.01. The van der Waals surface area contributed by atoms with Gasteiger partial charge in [-0.05, 0) is 42.2 Å². The highest BCUT2D eigenvalue weighted by Crippen LogP contribution is 2.17. The molecule has 1 saturated heterocycles. The molecule has 34 heavy (non-hydrogen) atoms. The molecule has 0 radical (unpaired) electrons. The molecule has 0 unspecified atom stereocenters. The molecule has 2 aromatic rings. The minimum atomic E-state index is -0.264. The standard InChI is InChI=1S/C25H30N6O3/c1-16(10-17(2)26)22(18(3)27)12-28-25(34)21-11-29-30(15-21)13-19-4-6-20(7-5-19)14-31-23(32)8-9-24(31)33/h4-7,10-11,15H,2,8-9,12-14,26-27H2,1,3H3,(H,28,34)/b16-10-,22-18-. The van der Waals surface area contributed by atoms with Crippen LogP contribution in [0.2, 0.25) is 0 Å². The minimum Gasteiger partial charge on any atom is -0.402 e. The number of amides is 3. The van der Waals surface area contributed by atoms with Crippen molar-refractivity contribution in [1.29, 1.82) is 0 Å². The highest BCUT2D eigenvalue weighted by Gasteiger charge is 2.28. The second-order valence-corrected chi connectivity index (χ2v) is 8.36. The van der Waals surface area contributed by atoms with Gasteiger partial charge in [-0.3, -0.25) is 24.0 Å². The van der Waals surface area contributed by atoms with E-state index in [2.05, 4.69) is 17.0 Å². The van der Waals surface area contributed by atoms with Gasteiger partial charge in [0, 0.05) is 37.0 Å². The lowest BCUT2D eigenvalue weighted by molar-refractivity contribution is -0.139. The van der Waals surface area contributed by atoms with E-state index in [1.54, 1.807) is 23.9 Å². The molecule has 5 N–H and O–H groups in total. The fraction of sp³-hybridized carbons (Fsp3) is 0.280. The Hall–Kier alpha value is -4.14. The predicted octanol–water partition coefficient (Wildman–Crippen LogP) is 1.96. The summed E-state index contributed by atoms with van der Waals surface area (Å²) in [6.07, 6.45) is 5.47. The Morgan fingerprint density at radius 3 is 2.24 bits per heavy atom. The van der Waals surface area contributed by atoms with Gasteiger partial charge in [0.15, 0.2) is 0 Å². The summed E-state index contributed by atoms with van der Waals surface area (Å²) in [5, 5.41) is 7.14. The molecule has 1 aromatic carbocycles. The van der Waals surface area contributed by atoms with Gasteiger partial charge in [0.05, 0.1) is 24.8 Å². The van der Waals surface area contributed by atoms with Crippen molar-refractivity contribution < 1.29 is 14.4 Å². The number of hydrogen-bond donors (Lipinski definition) is 3. The van der Waals surface area contributed by atoms with Gasteiger partial charge in [-0.1, -0.05) is 30.8 Å². The lowest BCUT2D eigenvalue weighted by Crippen LogP contribution is -2.28. The van der Waals surface area contributed by atoms with Crippen LogP contribution in [0.25, 0.3) is 0 Å². The van der Waals surface area contributed by atoms with Gasteiger partial charge in [-0.15, -0.1) is 0 Å². The molecule has 0 atom stereocenters. The molecule has 1 fully saturated rings. The first-order valence-corrected chi connectivity index (χ1v) is 10.9. The maximum atomic E-state index is 12.6. The summed E-state index contributed by atoms with van der Waals surface area (Å²) >= 11 is 0. The normalized spacial score (nSPS) is 14.9. The van der Waals surface area contributed by atoms with E-state index in [0.717, 1.165) is 22.3 Å². The summed E-state index contributed by atoms with van der Waals surface area (Å²) in [5.41, 5.74) is 16.5. The number of allylic oxidation sites excluding steroid dienone is 2. The van der Waals surface area contributed by atoms with Crippen molar-refractivity contribution in [2.45, 2.75) is 39.8 Å². The molecule has 2 heterocycles. The Morgan fingerprint density at radius 2 is 1.68 bits per heavy atom. The first-order valence-electron chi connectivity index (χ1n) is 10.9. The van der Waals surface area contributed by atoms with Gasteiger partial charge in [-0.2, -0.15) is 5.10 Å². The van der Waals surface area contributed by atoms with Crippen LogP contribution in [0.4, 0.5) is 0 Å². The minimum absolute atomic E-state index is 0.128. The molecule has 9 nitrogen and oxygen atoms in total. The molecule has 0 saturated carbocycles. The topological polar surface area (TPSA) is 136 Å². The number of benzene rings is 1. The summed E-state index contributed by atoms with van der Waals surface area (Å²) in [7, 11) is 0. The molecule has 3 amide bonds. The molecule has 0 bridgehead atoms. The Bertz CT molecular complexity index is 1150. The number of carbonyl (C=O) groups excluding carboxylic acids is 3. The molecular weight excluding hydrogens is 432 g/mol. The molecule has 178 valence electrons. The van der Waals surface area contributed by atoms with Crippen molar-refractivity contribution in [1.82, 2.24) is 20.0 Å². The zero-order valence-corrected chi connectivity index (χ0v) is 19.5. The monoisotopic (exact) mass is 462 g/mol. The number of likely N-dealkylation sites (tertiary alicyclic amines) is 1. The van der Waals surface area contributed by atoms with Gasteiger partial charge in [0.2, 0.25) is 11.8 Å². The summed E-state index contributed by atoms with van der Waals surface area (Å²) < 4.78 is 1.67. The molecule has 0 aliphatic carbocycles. The van der Waals surface area contributed by atoms with Crippen LogP contribution in [0.5, 0.6) is 0 Å². The Morgan fingerprint density at radius 1 is 1.09 bits per heavy atom. The summed E-state index contributed by atoms with van der Waals surface area (Å²) in [6, 6.07) is 7.62. The van der Waals surface area contributed by atoms with Crippen molar-refractivity contribution >= 4 is 17.7 Å². The van der Waals surface area contributed by atoms with E-state index in [1.165, 1.54) is 11.1 Å². The van der Waals surface area contributed by atoms with Gasteiger partial charge in [0.1, 0.15) is 0 Å². The fourth-order valence-corrected chi connectivity index (χ4v) is 3.71. The van der Waals surface area contributed by atoms with E-state index in [1.807, 2.05) is 31.2 Å². The van der Waals surface area contributed by atoms with Crippen LogP contribution < -0.4 is 16.8 Å². The smallest absolute Gasteiger partial charge is 0.254 e. The Balaban J connectivity index is 1.58. The lowest BCUT2D eigenvalue weighted by Gasteiger charge is -2.14.